The molecule has 0 aliphatic rings. The van der Waals surface area contributed by atoms with Crippen LogP contribution in [0.25, 0.3) is 0 Å². The number of hydrogen-bond acceptors (Lipinski definition) is 3. The number of nitrogens with zero attached hydrogens (tertiary/aromatic N) is 1. The molecule has 0 fully saturated rings. The number of urea groups is 1. The Hall–Kier alpha value is -2.53. The van der Waals surface area contributed by atoms with Gasteiger partial charge in [-0.1, -0.05) is 30.3 Å². The van der Waals surface area contributed by atoms with Gasteiger partial charge in [0.25, 0.3) is 0 Å². The average molecular weight is 284 g/mol. The summed E-state index contributed by atoms with van der Waals surface area (Å²) in [5, 5.41) is 2.73. The van der Waals surface area contributed by atoms with Crippen LogP contribution < -0.4 is 16.2 Å². The molecular formula is C16H20N4O. The number of carbonyl (C=O) groups excluding carboxylic acids is 1. The summed E-state index contributed by atoms with van der Waals surface area (Å²) in [6.07, 6.45) is 0. The zero-order valence-corrected chi connectivity index (χ0v) is 12.3. The first-order valence-corrected chi connectivity index (χ1v) is 6.75. The Bertz CT molecular complexity index is 567. The highest BCUT2D eigenvalue weighted by molar-refractivity contribution is 5.89. The van der Waals surface area contributed by atoms with Crippen molar-refractivity contribution >= 4 is 17.4 Å². The van der Waals surface area contributed by atoms with Crippen molar-refractivity contribution in [3.63, 3.8) is 0 Å². The Labute approximate surface area is 124 Å². The SMILES string of the molecule is CN(C)Cc1ccc(NNC(=O)Nc2ccccc2)cc1. The maximum absolute atomic E-state index is 11.7. The number of carbonyl (C=O) groups is 1. The number of nitrogens with one attached hydrogen (secondary N) is 3. The zero-order valence-electron chi connectivity index (χ0n) is 12.3. The minimum Gasteiger partial charge on any atom is -0.307 e. The van der Waals surface area contributed by atoms with Crippen molar-refractivity contribution < 1.29 is 4.79 Å². The van der Waals surface area contributed by atoms with E-state index in [2.05, 4.69) is 21.1 Å². The number of para-hydroxylation sites is 1. The minimum absolute atomic E-state index is 0.307. The standard InChI is InChI=1S/C16H20N4O/c1-20(2)12-13-8-10-15(11-9-13)18-19-16(21)17-14-6-4-3-5-7-14/h3-11,18H,12H2,1-2H3,(H2,17,19,21). The van der Waals surface area contributed by atoms with Crippen molar-refractivity contribution in [2.24, 2.45) is 0 Å². The molecule has 2 rings (SSSR count). The van der Waals surface area contributed by atoms with E-state index in [1.165, 1.54) is 5.56 Å². The van der Waals surface area contributed by atoms with Crippen molar-refractivity contribution in [2.45, 2.75) is 6.54 Å². The van der Waals surface area contributed by atoms with Crippen molar-refractivity contribution in [1.82, 2.24) is 10.3 Å². The van der Waals surface area contributed by atoms with Gasteiger partial charge in [0.2, 0.25) is 0 Å². The fourth-order valence-corrected chi connectivity index (χ4v) is 1.87. The highest BCUT2D eigenvalue weighted by Crippen LogP contribution is 2.10. The van der Waals surface area contributed by atoms with Gasteiger partial charge < -0.3 is 10.2 Å². The summed E-state index contributed by atoms with van der Waals surface area (Å²) in [4.78, 5) is 13.8. The van der Waals surface area contributed by atoms with Gasteiger partial charge in [0.05, 0.1) is 5.69 Å². The summed E-state index contributed by atoms with van der Waals surface area (Å²) in [5.41, 5.74) is 8.27. The summed E-state index contributed by atoms with van der Waals surface area (Å²) in [6.45, 7) is 0.891. The van der Waals surface area contributed by atoms with Crippen LogP contribution in [-0.4, -0.2) is 25.0 Å². The second kappa shape index (κ2) is 7.31. The quantitative estimate of drug-likeness (QED) is 0.740. The summed E-state index contributed by atoms with van der Waals surface area (Å²) in [5.74, 6) is 0. The van der Waals surface area contributed by atoms with Crippen molar-refractivity contribution in [3.8, 4) is 0 Å². The van der Waals surface area contributed by atoms with Crippen LogP contribution in [0.1, 0.15) is 5.56 Å². The third kappa shape index (κ3) is 5.16. The third-order valence-electron chi connectivity index (χ3n) is 2.80. The van der Waals surface area contributed by atoms with Crippen molar-refractivity contribution in [1.29, 1.82) is 0 Å². The molecule has 3 N–H and O–H groups in total. The van der Waals surface area contributed by atoms with E-state index in [4.69, 9.17) is 0 Å². The maximum atomic E-state index is 11.7. The number of rotatable bonds is 5. The van der Waals surface area contributed by atoms with Crippen LogP contribution in [0.4, 0.5) is 16.2 Å². The predicted octanol–water partition coefficient (Wildman–Crippen LogP) is 2.90. The van der Waals surface area contributed by atoms with Crippen molar-refractivity contribution in [2.75, 3.05) is 24.8 Å². The highest BCUT2D eigenvalue weighted by atomic mass is 16.2. The van der Waals surface area contributed by atoms with Crippen LogP contribution >= 0.6 is 0 Å². The first kappa shape index (κ1) is 14.9. The lowest BCUT2D eigenvalue weighted by Gasteiger charge is -2.12. The molecule has 2 amide bonds. The van der Waals surface area contributed by atoms with Crippen LogP contribution in [0, 0.1) is 0 Å². The molecule has 0 heterocycles. The maximum Gasteiger partial charge on any atom is 0.337 e. The van der Waals surface area contributed by atoms with Gasteiger partial charge in [-0.3, -0.25) is 10.9 Å². The number of benzene rings is 2. The van der Waals surface area contributed by atoms with Gasteiger partial charge in [-0.25, -0.2) is 4.79 Å². The van der Waals surface area contributed by atoms with E-state index in [0.717, 1.165) is 17.9 Å². The number of amides is 2. The summed E-state index contributed by atoms with van der Waals surface area (Å²) < 4.78 is 0. The van der Waals surface area contributed by atoms with Crippen LogP contribution in [0.15, 0.2) is 54.6 Å². The van der Waals surface area contributed by atoms with E-state index in [1.54, 1.807) is 0 Å². The molecule has 0 bridgehead atoms. The molecular weight excluding hydrogens is 264 g/mol. The van der Waals surface area contributed by atoms with Gasteiger partial charge in [0.1, 0.15) is 0 Å². The molecule has 2 aromatic carbocycles. The predicted molar refractivity (Wildman–Crippen MR) is 86.1 cm³/mol. The molecule has 5 heteroatoms. The fraction of sp³-hybridized carbons (Fsp3) is 0.188. The second-order valence-electron chi connectivity index (χ2n) is 5.00. The third-order valence-corrected chi connectivity index (χ3v) is 2.80. The largest absolute Gasteiger partial charge is 0.337 e. The van der Waals surface area contributed by atoms with E-state index in [-0.39, 0.29) is 6.03 Å². The van der Waals surface area contributed by atoms with Gasteiger partial charge in [0.15, 0.2) is 0 Å². The highest BCUT2D eigenvalue weighted by Gasteiger charge is 2.01. The van der Waals surface area contributed by atoms with Gasteiger partial charge in [-0.15, -0.1) is 0 Å². The summed E-state index contributed by atoms with van der Waals surface area (Å²) in [6, 6.07) is 16.9. The molecule has 0 aromatic heterocycles. The second-order valence-corrected chi connectivity index (χ2v) is 5.00. The number of hydrazine groups is 1. The van der Waals surface area contributed by atoms with Gasteiger partial charge in [0, 0.05) is 12.2 Å². The van der Waals surface area contributed by atoms with E-state index < -0.39 is 0 Å². The van der Waals surface area contributed by atoms with Crippen LogP contribution in [0.5, 0.6) is 0 Å². The Morgan fingerprint density at radius 3 is 2.24 bits per heavy atom. The first-order valence-electron chi connectivity index (χ1n) is 6.75. The van der Waals surface area contributed by atoms with E-state index in [9.17, 15) is 4.79 Å². The molecule has 0 unspecified atom stereocenters. The topological polar surface area (TPSA) is 56.4 Å². The minimum atomic E-state index is -0.307. The fourth-order valence-electron chi connectivity index (χ4n) is 1.87. The average Bonchev–Trinajstić information content (AvgIpc) is 2.47. The Morgan fingerprint density at radius 2 is 1.62 bits per heavy atom. The molecule has 0 aliphatic heterocycles. The van der Waals surface area contributed by atoms with E-state index in [1.807, 2.05) is 68.7 Å². The summed E-state index contributed by atoms with van der Waals surface area (Å²) in [7, 11) is 4.06. The molecule has 0 aliphatic carbocycles. The molecule has 0 saturated carbocycles. The van der Waals surface area contributed by atoms with E-state index >= 15 is 0 Å². The molecule has 2 aromatic rings. The molecule has 0 spiro atoms. The van der Waals surface area contributed by atoms with Crippen LogP contribution in [0.3, 0.4) is 0 Å². The Morgan fingerprint density at radius 1 is 0.952 bits per heavy atom. The van der Waals surface area contributed by atoms with Crippen LogP contribution in [0.2, 0.25) is 0 Å². The van der Waals surface area contributed by atoms with Crippen LogP contribution in [-0.2, 0) is 6.54 Å². The zero-order chi connectivity index (χ0) is 15.1. The van der Waals surface area contributed by atoms with Crippen molar-refractivity contribution in [3.05, 3.63) is 60.2 Å². The molecule has 0 atom stereocenters. The molecule has 21 heavy (non-hydrogen) atoms. The Balaban J connectivity index is 1.81. The lowest BCUT2D eigenvalue weighted by molar-refractivity contribution is 0.254. The smallest absolute Gasteiger partial charge is 0.307 e. The number of hydrogen-bond donors (Lipinski definition) is 3. The molecule has 0 radical (unpaired) electrons. The van der Waals surface area contributed by atoms with E-state index in [0.29, 0.717) is 0 Å². The molecule has 0 saturated heterocycles. The Kier molecular flexibility index (Phi) is 5.17. The normalized spacial score (nSPS) is 10.2. The molecule has 110 valence electrons. The lowest BCUT2D eigenvalue weighted by atomic mass is 10.2. The monoisotopic (exact) mass is 284 g/mol. The lowest BCUT2D eigenvalue weighted by Crippen LogP contribution is -2.33. The summed E-state index contributed by atoms with van der Waals surface area (Å²) >= 11 is 0. The van der Waals surface area contributed by atoms with Gasteiger partial charge >= 0.3 is 6.03 Å². The van der Waals surface area contributed by atoms with Gasteiger partial charge in [-0.2, -0.15) is 0 Å². The number of anilines is 2. The first-order chi connectivity index (χ1) is 10.1. The molecule has 5 nitrogen and oxygen atoms in total. The van der Waals surface area contributed by atoms with Gasteiger partial charge in [-0.05, 0) is 43.9 Å².